The molecule has 20 heavy (non-hydrogen) atoms. The summed E-state index contributed by atoms with van der Waals surface area (Å²) in [6.45, 7) is 1.83. The molecule has 0 fully saturated rings. The lowest BCUT2D eigenvalue weighted by Crippen LogP contribution is -1.97. The molecule has 0 amide bonds. The van der Waals surface area contributed by atoms with Crippen molar-refractivity contribution < 1.29 is 19.0 Å². The molecular formula is C14H10FNO3S. The van der Waals surface area contributed by atoms with E-state index in [1.165, 1.54) is 19.4 Å². The Hall–Kier alpha value is -2.21. The van der Waals surface area contributed by atoms with Crippen molar-refractivity contribution in [2.24, 2.45) is 0 Å². The van der Waals surface area contributed by atoms with Gasteiger partial charge in [0.1, 0.15) is 11.6 Å². The summed E-state index contributed by atoms with van der Waals surface area (Å²) in [6, 6.07) is 3.00. The van der Waals surface area contributed by atoms with Crippen molar-refractivity contribution in [3.63, 3.8) is 0 Å². The minimum Gasteiger partial charge on any atom is -0.505 e. The Morgan fingerprint density at radius 2 is 2.20 bits per heavy atom. The van der Waals surface area contributed by atoms with Gasteiger partial charge in [0.15, 0.2) is 4.88 Å². The van der Waals surface area contributed by atoms with Crippen LogP contribution in [0.25, 0.3) is 21.0 Å². The van der Waals surface area contributed by atoms with Gasteiger partial charge in [0.25, 0.3) is 0 Å². The van der Waals surface area contributed by atoms with E-state index in [0.717, 1.165) is 16.9 Å². The van der Waals surface area contributed by atoms with E-state index in [-0.39, 0.29) is 10.6 Å². The fourth-order valence-electron chi connectivity index (χ4n) is 2.15. The van der Waals surface area contributed by atoms with Crippen LogP contribution in [-0.4, -0.2) is 23.2 Å². The van der Waals surface area contributed by atoms with Crippen molar-refractivity contribution in [3.05, 3.63) is 34.6 Å². The molecular weight excluding hydrogens is 281 g/mol. The van der Waals surface area contributed by atoms with Crippen LogP contribution in [0.15, 0.2) is 18.3 Å². The Kier molecular flexibility index (Phi) is 2.83. The number of nitrogens with zero attached hydrogens (tertiary/aromatic N) is 1. The monoisotopic (exact) mass is 291 g/mol. The summed E-state index contributed by atoms with van der Waals surface area (Å²) >= 11 is 1.00. The second kappa shape index (κ2) is 4.42. The third-order valence-corrected chi connectivity index (χ3v) is 4.36. The number of aromatic nitrogens is 1. The molecule has 2 aromatic heterocycles. The first-order valence-electron chi connectivity index (χ1n) is 5.82. The smallest absolute Gasteiger partial charge is 0.351 e. The number of benzene rings is 1. The van der Waals surface area contributed by atoms with Gasteiger partial charge in [-0.1, -0.05) is 6.07 Å². The van der Waals surface area contributed by atoms with Gasteiger partial charge in [0.05, 0.1) is 28.1 Å². The predicted molar refractivity (Wildman–Crippen MR) is 74.8 cm³/mol. The summed E-state index contributed by atoms with van der Waals surface area (Å²) in [7, 11) is 1.23. The summed E-state index contributed by atoms with van der Waals surface area (Å²) in [4.78, 5) is 15.8. The molecule has 0 atom stereocenters. The molecule has 102 valence electrons. The summed E-state index contributed by atoms with van der Waals surface area (Å²) in [5.74, 6) is -1.29. The maximum Gasteiger partial charge on any atom is 0.351 e. The van der Waals surface area contributed by atoms with Crippen LogP contribution < -0.4 is 0 Å². The van der Waals surface area contributed by atoms with Crippen molar-refractivity contribution in [3.8, 4) is 5.75 Å². The number of aryl methyl sites for hydroxylation is 1. The number of aromatic hydroxyl groups is 1. The number of carbonyl (C=O) groups is 1. The maximum atomic E-state index is 14.1. The molecule has 6 heteroatoms. The van der Waals surface area contributed by atoms with Gasteiger partial charge in [-0.2, -0.15) is 0 Å². The molecule has 1 aromatic carbocycles. The van der Waals surface area contributed by atoms with Crippen LogP contribution in [0.4, 0.5) is 4.39 Å². The van der Waals surface area contributed by atoms with Gasteiger partial charge in [-0.3, -0.25) is 4.98 Å². The molecule has 0 aliphatic rings. The van der Waals surface area contributed by atoms with E-state index in [4.69, 9.17) is 0 Å². The van der Waals surface area contributed by atoms with Crippen molar-refractivity contribution in [2.45, 2.75) is 6.92 Å². The first kappa shape index (κ1) is 12.8. The van der Waals surface area contributed by atoms with Gasteiger partial charge >= 0.3 is 5.97 Å². The molecule has 0 saturated heterocycles. The first-order chi connectivity index (χ1) is 9.54. The number of halogens is 1. The van der Waals surface area contributed by atoms with Crippen molar-refractivity contribution in [1.82, 2.24) is 4.98 Å². The molecule has 0 radical (unpaired) electrons. The van der Waals surface area contributed by atoms with Crippen LogP contribution in [0.3, 0.4) is 0 Å². The van der Waals surface area contributed by atoms with E-state index in [9.17, 15) is 14.3 Å². The zero-order chi connectivity index (χ0) is 14.4. The van der Waals surface area contributed by atoms with Gasteiger partial charge in [-0.25, -0.2) is 9.18 Å². The topological polar surface area (TPSA) is 59.4 Å². The number of pyridine rings is 1. The minimum absolute atomic E-state index is 0.0534. The van der Waals surface area contributed by atoms with Gasteiger partial charge < -0.3 is 9.84 Å². The molecule has 0 spiro atoms. The molecule has 0 bridgehead atoms. The number of ether oxygens (including phenoxy) is 1. The van der Waals surface area contributed by atoms with Crippen molar-refractivity contribution in [2.75, 3.05) is 7.11 Å². The summed E-state index contributed by atoms with van der Waals surface area (Å²) in [5, 5.41) is 10.7. The van der Waals surface area contributed by atoms with Crippen molar-refractivity contribution in [1.29, 1.82) is 0 Å². The third-order valence-electron chi connectivity index (χ3n) is 3.17. The Bertz CT molecular complexity index is 857. The number of carbonyl (C=O) groups excluding carboxylic acids is 1. The molecule has 1 N–H and O–H groups in total. The normalized spacial score (nSPS) is 11.2. The van der Waals surface area contributed by atoms with Crippen LogP contribution >= 0.6 is 11.3 Å². The number of hydrogen-bond acceptors (Lipinski definition) is 5. The van der Waals surface area contributed by atoms with Gasteiger partial charge in [-0.15, -0.1) is 11.3 Å². The lowest BCUT2D eigenvalue weighted by molar-refractivity contribution is 0.0603. The summed E-state index contributed by atoms with van der Waals surface area (Å²) in [5.41, 5.74) is 1.35. The highest BCUT2D eigenvalue weighted by Gasteiger charge is 2.21. The standard InChI is InChI=1S/C14H10FNO3S/c1-6-3-4-8(15)9-10(6)16-5-7-11(17)13(14(18)19-2)20-12(7)9/h3-5,17H,1-2H3. The predicted octanol–water partition coefficient (Wildman–Crippen LogP) is 3.39. The minimum atomic E-state index is -0.648. The summed E-state index contributed by atoms with van der Waals surface area (Å²) in [6.07, 6.45) is 1.45. The van der Waals surface area contributed by atoms with Gasteiger partial charge in [-0.05, 0) is 18.6 Å². The molecule has 0 aliphatic carbocycles. The van der Waals surface area contributed by atoms with E-state index in [2.05, 4.69) is 9.72 Å². The number of fused-ring (bicyclic) bond motifs is 3. The fraction of sp³-hybridized carbons (Fsp3) is 0.143. The summed E-state index contributed by atoms with van der Waals surface area (Å²) < 4.78 is 19.2. The van der Waals surface area contributed by atoms with Crippen LogP contribution in [-0.2, 0) is 4.74 Å². The largest absolute Gasteiger partial charge is 0.505 e. The number of hydrogen-bond donors (Lipinski definition) is 1. The van der Waals surface area contributed by atoms with E-state index in [1.807, 2.05) is 6.92 Å². The maximum absolute atomic E-state index is 14.1. The highest BCUT2D eigenvalue weighted by atomic mass is 32.1. The number of esters is 1. The van der Waals surface area contributed by atoms with E-state index in [0.29, 0.717) is 21.0 Å². The van der Waals surface area contributed by atoms with Crippen LogP contribution in [0.2, 0.25) is 0 Å². The van der Waals surface area contributed by atoms with Crippen molar-refractivity contribution >= 4 is 38.3 Å². The van der Waals surface area contributed by atoms with Gasteiger partial charge in [0, 0.05) is 6.20 Å². The second-order valence-corrected chi connectivity index (χ2v) is 5.38. The van der Waals surface area contributed by atoms with Crippen LogP contribution in [0.1, 0.15) is 15.2 Å². The zero-order valence-electron chi connectivity index (χ0n) is 10.7. The molecule has 0 unspecified atom stereocenters. The lowest BCUT2D eigenvalue weighted by Gasteiger charge is -2.03. The molecule has 3 aromatic rings. The highest BCUT2D eigenvalue weighted by Crippen LogP contribution is 2.41. The molecule has 0 saturated carbocycles. The zero-order valence-corrected chi connectivity index (χ0v) is 11.5. The highest BCUT2D eigenvalue weighted by molar-refractivity contribution is 7.22. The van der Waals surface area contributed by atoms with E-state index in [1.54, 1.807) is 6.07 Å². The SMILES string of the molecule is COC(=O)c1sc2c(cnc3c(C)ccc(F)c32)c1O. The Morgan fingerprint density at radius 3 is 2.90 bits per heavy atom. The van der Waals surface area contributed by atoms with Crippen LogP contribution in [0, 0.1) is 12.7 Å². The molecule has 3 rings (SSSR count). The third kappa shape index (κ3) is 1.65. The number of methoxy groups -OCH3 is 1. The number of rotatable bonds is 1. The lowest BCUT2D eigenvalue weighted by atomic mass is 10.1. The quantitative estimate of drug-likeness (QED) is 0.698. The molecule has 2 heterocycles. The average Bonchev–Trinajstić information content (AvgIpc) is 2.79. The average molecular weight is 291 g/mol. The number of thiophene rings is 1. The van der Waals surface area contributed by atoms with Crippen LogP contribution in [0.5, 0.6) is 5.75 Å². The molecule has 0 aliphatic heterocycles. The fourth-order valence-corrected chi connectivity index (χ4v) is 3.29. The first-order valence-corrected chi connectivity index (χ1v) is 6.63. The van der Waals surface area contributed by atoms with E-state index >= 15 is 0 Å². The Balaban J connectivity index is 2.49. The Labute approximate surface area is 117 Å². The Morgan fingerprint density at radius 1 is 1.45 bits per heavy atom. The molecule has 4 nitrogen and oxygen atoms in total. The second-order valence-electron chi connectivity index (χ2n) is 4.36. The van der Waals surface area contributed by atoms with Gasteiger partial charge in [0.2, 0.25) is 0 Å². The van der Waals surface area contributed by atoms with E-state index < -0.39 is 11.8 Å².